The molecule has 4 nitrogen and oxygen atoms in total. The summed E-state index contributed by atoms with van der Waals surface area (Å²) in [6, 6.07) is 4.56. The van der Waals surface area contributed by atoms with Crippen molar-refractivity contribution in [1.82, 2.24) is 0 Å². The van der Waals surface area contributed by atoms with E-state index >= 15 is 0 Å². The van der Waals surface area contributed by atoms with Crippen LogP contribution >= 0.6 is 31.9 Å². The normalized spacial score (nSPS) is 10.1. The molecular formula is C10H9Br2NO3. The van der Waals surface area contributed by atoms with Crippen molar-refractivity contribution in [2.75, 3.05) is 5.33 Å². The number of rotatable bonds is 5. The summed E-state index contributed by atoms with van der Waals surface area (Å²) in [5, 5.41) is 11.6. The van der Waals surface area contributed by atoms with Crippen molar-refractivity contribution < 1.29 is 9.72 Å². The highest BCUT2D eigenvalue weighted by molar-refractivity contribution is 9.09. The number of nitrogens with zero attached hydrogens (tertiary/aromatic N) is 1. The Morgan fingerprint density at radius 1 is 1.38 bits per heavy atom. The smallest absolute Gasteiger partial charge is 0.274 e. The molecule has 16 heavy (non-hydrogen) atoms. The van der Waals surface area contributed by atoms with E-state index in [1.807, 2.05) is 0 Å². The van der Waals surface area contributed by atoms with Gasteiger partial charge in [-0.2, -0.15) is 0 Å². The first-order chi connectivity index (χ1) is 7.61. The van der Waals surface area contributed by atoms with Crippen LogP contribution in [0.15, 0.2) is 18.2 Å². The van der Waals surface area contributed by atoms with Gasteiger partial charge in [0.2, 0.25) is 0 Å². The molecule has 1 rings (SSSR count). The molecule has 0 aromatic heterocycles. The second-order valence-electron chi connectivity index (χ2n) is 3.06. The minimum atomic E-state index is -0.471. The van der Waals surface area contributed by atoms with Gasteiger partial charge in [0.05, 0.1) is 10.5 Å². The molecule has 0 N–H and O–H groups in total. The van der Waals surface area contributed by atoms with Crippen LogP contribution in [-0.4, -0.2) is 16.0 Å². The molecule has 1 aromatic rings. The summed E-state index contributed by atoms with van der Waals surface area (Å²) >= 11 is 6.35. The van der Waals surface area contributed by atoms with Crippen molar-refractivity contribution in [2.45, 2.75) is 11.8 Å². The summed E-state index contributed by atoms with van der Waals surface area (Å²) in [7, 11) is 0. The molecule has 0 saturated heterocycles. The van der Waals surface area contributed by atoms with Gasteiger partial charge in [-0.3, -0.25) is 14.9 Å². The van der Waals surface area contributed by atoms with E-state index in [2.05, 4.69) is 31.9 Å². The quantitative estimate of drug-likeness (QED) is 0.353. The lowest BCUT2D eigenvalue weighted by atomic mass is 10.0. The molecular weight excluding hydrogens is 342 g/mol. The monoisotopic (exact) mass is 349 g/mol. The third kappa shape index (κ3) is 2.89. The average molecular weight is 351 g/mol. The standard InChI is InChI=1S/C10H9Br2NO3/c11-5-4-10(14)7-2-1-3-9(13(15)16)8(7)6-12/h1-3H,4-6H2. The van der Waals surface area contributed by atoms with Gasteiger partial charge in [0.1, 0.15) is 0 Å². The molecule has 0 atom stereocenters. The Balaban J connectivity index is 3.24. The summed E-state index contributed by atoms with van der Waals surface area (Å²) in [5.41, 5.74) is 0.848. The number of halogens is 2. The van der Waals surface area contributed by atoms with Crippen LogP contribution in [0.1, 0.15) is 22.3 Å². The van der Waals surface area contributed by atoms with Gasteiger partial charge in [-0.15, -0.1) is 0 Å². The first-order valence-electron chi connectivity index (χ1n) is 4.53. The molecule has 0 aliphatic heterocycles. The summed E-state index contributed by atoms with van der Waals surface area (Å²) in [6.45, 7) is 0. The van der Waals surface area contributed by atoms with Gasteiger partial charge < -0.3 is 0 Å². The number of nitro benzene ring substituents is 1. The van der Waals surface area contributed by atoms with Crippen LogP contribution in [0.2, 0.25) is 0 Å². The highest BCUT2D eigenvalue weighted by Crippen LogP contribution is 2.25. The van der Waals surface area contributed by atoms with Gasteiger partial charge in [0.15, 0.2) is 5.78 Å². The Kier molecular flexibility index (Phi) is 5.08. The Bertz CT molecular complexity index is 421. The minimum absolute atomic E-state index is 0.0164. The second-order valence-corrected chi connectivity index (χ2v) is 4.41. The number of hydrogen-bond acceptors (Lipinski definition) is 3. The maximum atomic E-state index is 11.7. The van der Waals surface area contributed by atoms with E-state index in [1.54, 1.807) is 6.07 Å². The van der Waals surface area contributed by atoms with E-state index in [4.69, 9.17) is 0 Å². The van der Waals surface area contributed by atoms with Crippen LogP contribution in [0.3, 0.4) is 0 Å². The zero-order valence-electron chi connectivity index (χ0n) is 8.28. The third-order valence-electron chi connectivity index (χ3n) is 2.10. The molecule has 0 amide bonds. The highest BCUT2D eigenvalue weighted by Gasteiger charge is 2.19. The number of ketones is 1. The van der Waals surface area contributed by atoms with E-state index in [1.165, 1.54) is 12.1 Å². The maximum Gasteiger partial charge on any atom is 0.274 e. The van der Waals surface area contributed by atoms with E-state index in [9.17, 15) is 14.9 Å². The second kappa shape index (κ2) is 6.10. The van der Waals surface area contributed by atoms with E-state index < -0.39 is 4.92 Å². The minimum Gasteiger partial charge on any atom is -0.294 e. The fourth-order valence-electron chi connectivity index (χ4n) is 1.37. The Morgan fingerprint density at radius 3 is 2.56 bits per heavy atom. The summed E-state index contributed by atoms with van der Waals surface area (Å²) in [4.78, 5) is 22.0. The number of benzene rings is 1. The van der Waals surface area contributed by atoms with E-state index in [-0.39, 0.29) is 11.5 Å². The Morgan fingerprint density at radius 2 is 2.06 bits per heavy atom. The molecule has 0 aliphatic rings. The highest BCUT2D eigenvalue weighted by atomic mass is 79.9. The van der Waals surface area contributed by atoms with Crippen molar-refractivity contribution >= 4 is 43.3 Å². The van der Waals surface area contributed by atoms with Crippen LogP contribution < -0.4 is 0 Å². The van der Waals surface area contributed by atoms with Crippen LogP contribution in [-0.2, 0) is 5.33 Å². The lowest BCUT2D eigenvalue weighted by molar-refractivity contribution is -0.385. The zero-order chi connectivity index (χ0) is 12.1. The first-order valence-corrected chi connectivity index (χ1v) is 6.77. The SMILES string of the molecule is O=C(CCBr)c1cccc([N+](=O)[O-])c1CBr. The van der Waals surface area contributed by atoms with Gasteiger partial charge in [-0.05, 0) is 0 Å². The molecule has 86 valence electrons. The van der Waals surface area contributed by atoms with Gasteiger partial charge in [0, 0.05) is 28.7 Å². The summed E-state index contributed by atoms with van der Waals surface area (Å²) in [5.74, 6) is -0.0879. The number of nitro groups is 1. The zero-order valence-corrected chi connectivity index (χ0v) is 11.5. The molecule has 1 aromatic carbocycles. The van der Waals surface area contributed by atoms with Crippen LogP contribution in [0.4, 0.5) is 5.69 Å². The lowest BCUT2D eigenvalue weighted by Crippen LogP contribution is -2.06. The van der Waals surface area contributed by atoms with Gasteiger partial charge >= 0.3 is 0 Å². The maximum absolute atomic E-state index is 11.7. The van der Waals surface area contributed by atoms with E-state index in [0.717, 1.165) is 0 Å². The fraction of sp³-hybridized carbons (Fsp3) is 0.300. The lowest BCUT2D eigenvalue weighted by Gasteiger charge is -2.05. The molecule has 0 radical (unpaired) electrons. The van der Waals surface area contributed by atoms with Crippen molar-refractivity contribution in [3.05, 3.63) is 39.4 Å². The number of carbonyl (C=O) groups is 1. The van der Waals surface area contributed by atoms with Crippen molar-refractivity contribution in [3.63, 3.8) is 0 Å². The molecule has 0 saturated carbocycles. The Hall–Kier alpha value is -0.750. The number of hydrogen-bond donors (Lipinski definition) is 0. The van der Waals surface area contributed by atoms with Crippen LogP contribution in [0.5, 0.6) is 0 Å². The fourth-order valence-corrected chi connectivity index (χ4v) is 2.32. The molecule has 0 fully saturated rings. The number of alkyl halides is 2. The first kappa shape index (κ1) is 13.3. The summed E-state index contributed by atoms with van der Waals surface area (Å²) < 4.78 is 0. The largest absolute Gasteiger partial charge is 0.294 e. The number of Topliss-reactive ketones (excluding diaryl/α,β-unsaturated/α-hetero) is 1. The van der Waals surface area contributed by atoms with Gasteiger partial charge in [-0.1, -0.05) is 44.0 Å². The number of carbonyl (C=O) groups excluding carboxylic acids is 1. The average Bonchev–Trinajstić information content (AvgIpc) is 2.28. The molecule has 6 heteroatoms. The van der Waals surface area contributed by atoms with Gasteiger partial charge in [-0.25, -0.2) is 0 Å². The predicted molar refractivity (Wildman–Crippen MR) is 68.5 cm³/mol. The predicted octanol–water partition coefficient (Wildman–Crippen LogP) is 3.46. The Labute approximate surface area is 109 Å². The molecule has 0 spiro atoms. The topological polar surface area (TPSA) is 60.2 Å². The van der Waals surface area contributed by atoms with Crippen molar-refractivity contribution in [1.29, 1.82) is 0 Å². The molecule has 0 aliphatic carbocycles. The third-order valence-corrected chi connectivity index (χ3v) is 3.06. The summed E-state index contributed by atoms with van der Waals surface area (Å²) in [6.07, 6.45) is 0.334. The van der Waals surface area contributed by atoms with Crippen LogP contribution in [0.25, 0.3) is 0 Å². The molecule has 0 unspecified atom stereocenters. The van der Waals surface area contributed by atoms with Crippen molar-refractivity contribution in [3.8, 4) is 0 Å². The molecule has 0 heterocycles. The van der Waals surface area contributed by atoms with Crippen molar-refractivity contribution in [2.24, 2.45) is 0 Å². The molecule has 0 bridgehead atoms. The van der Waals surface area contributed by atoms with E-state index in [0.29, 0.717) is 28.2 Å². The van der Waals surface area contributed by atoms with Crippen LogP contribution in [0, 0.1) is 10.1 Å². The van der Waals surface area contributed by atoms with Gasteiger partial charge in [0.25, 0.3) is 5.69 Å².